The van der Waals surface area contributed by atoms with Crippen LogP contribution in [0.25, 0.3) is 0 Å². The lowest BCUT2D eigenvalue weighted by Crippen LogP contribution is -2.45. The van der Waals surface area contributed by atoms with Gasteiger partial charge in [0, 0.05) is 24.2 Å². The highest BCUT2D eigenvalue weighted by Crippen LogP contribution is 2.27. The molecule has 1 saturated carbocycles. The first kappa shape index (κ1) is 14.0. The van der Waals surface area contributed by atoms with Crippen LogP contribution in [0.2, 0.25) is 0 Å². The zero-order valence-electron chi connectivity index (χ0n) is 11.1. The zero-order valence-corrected chi connectivity index (χ0v) is 11.1. The van der Waals surface area contributed by atoms with Crippen LogP contribution in [0.1, 0.15) is 44.2 Å². The van der Waals surface area contributed by atoms with Crippen molar-refractivity contribution in [3.8, 4) is 0 Å². The Hall–Kier alpha value is -1.46. The van der Waals surface area contributed by atoms with Crippen LogP contribution < -0.4 is 5.32 Å². The second-order valence-corrected chi connectivity index (χ2v) is 5.18. The first-order valence-corrected chi connectivity index (χ1v) is 6.78. The number of hydrogen-bond acceptors (Lipinski definition) is 4. The summed E-state index contributed by atoms with van der Waals surface area (Å²) in [5, 5.41) is 23.6. The van der Waals surface area contributed by atoms with E-state index in [0.29, 0.717) is 6.04 Å². The highest BCUT2D eigenvalue weighted by molar-refractivity contribution is 5.35. The van der Waals surface area contributed by atoms with E-state index in [1.54, 1.807) is 12.1 Å². The number of aliphatic hydroxyl groups excluding tert-OH is 1. The van der Waals surface area contributed by atoms with Crippen molar-refractivity contribution in [3.05, 3.63) is 39.9 Å². The molecule has 19 heavy (non-hydrogen) atoms. The largest absolute Gasteiger partial charge is 0.393 e. The molecule has 5 nitrogen and oxygen atoms in total. The van der Waals surface area contributed by atoms with Crippen LogP contribution in [-0.4, -0.2) is 22.2 Å². The Morgan fingerprint density at radius 1 is 1.53 bits per heavy atom. The molecule has 1 unspecified atom stereocenters. The van der Waals surface area contributed by atoms with Crippen molar-refractivity contribution >= 4 is 5.69 Å². The van der Waals surface area contributed by atoms with Gasteiger partial charge in [-0.3, -0.25) is 10.1 Å². The van der Waals surface area contributed by atoms with E-state index < -0.39 is 0 Å². The van der Waals surface area contributed by atoms with Crippen molar-refractivity contribution in [2.75, 3.05) is 0 Å². The molecule has 1 aliphatic carbocycles. The van der Waals surface area contributed by atoms with Crippen molar-refractivity contribution in [1.29, 1.82) is 0 Å². The summed E-state index contributed by atoms with van der Waals surface area (Å²) in [6.45, 7) is 2.10. The molecule has 0 bridgehead atoms. The van der Waals surface area contributed by atoms with Gasteiger partial charge in [-0.15, -0.1) is 0 Å². The summed E-state index contributed by atoms with van der Waals surface area (Å²) in [7, 11) is 0. The summed E-state index contributed by atoms with van der Waals surface area (Å²) in [6, 6.07) is 7.26. The van der Waals surface area contributed by atoms with Gasteiger partial charge < -0.3 is 10.4 Å². The normalized spacial score (nSPS) is 23.7. The van der Waals surface area contributed by atoms with Crippen LogP contribution in [0.5, 0.6) is 0 Å². The van der Waals surface area contributed by atoms with Crippen LogP contribution in [0, 0.1) is 10.1 Å². The Labute approximate surface area is 112 Å². The minimum atomic E-state index is -0.362. The molecule has 1 aliphatic rings. The molecule has 0 saturated heterocycles. The van der Waals surface area contributed by atoms with Crippen molar-refractivity contribution < 1.29 is 10.0 Å². The lowest BCUT2D eigenvalue weighted by molar-refractivity contribution is -0.384. The SMILES string of the molecule is CCCC(NC1CC(O)C1)c1cccc([N+](=O)[O-])c1. The topological polar surface area (TPSA) is 75.4 Å². The number of rotatable bonds is 6. The number of nitrogens with zero attached hydrogens (tertiary/aromatic N) is 1. The molecule has 1 aromatic rings. The minimum Gasteiger partial charge on any atom is -0.393 e. The minimum absolute atomic E-state index is 0.127. The van der Waals surface area contributed by atoms with Crippen LogP contribution in [-0.2, 0) is 0 Å². The second-order valence-electron chi connectivity index (χ2n) is 5.18. The Morgan fingerprint density at radius 2 is 2.26 bits per heavy atom. The third-order valence-corrected chi connectivity index (χ3v) is 3.61. The van der Waals surface area contributed by atoms with Gasteiger partial charge in [-0.25, -0.2) is 0 Å². The molecule has 0 aromatic heterocycles. The predicted octanol–water partition coefficient (Wildman–Crippen LogP) is 2.55. The average Bonchev–Trinajstić information content (AvgIpc) is 2.36. The van der Waals surface area contributed by atoms with Crippen molar-refractivity contribution in [2.45, 2.75) is 50.8 Å². The fraction of sp³-hybridized carbons (Fsp3) is 0.571. The summed E-state index contributed by atoms with van der Waals surface area (Å²) < 4.78 is 0. The van der Waals surface area contributed by atoms with Crippen molar-refractivity contribution in [1.82, 2.24) is 5.32 Å². The standard InChI is InChI=1S/C14H20N2O3/c1-2-4-14(15-11-8-13(17)9-11)10-5-3-6-12(7-10)16(18)19/h3,5-7,11,13-15,17H,2,4,8-9H2,1H3. The van der Waals surface area contributed by atoms with Gasteiger partial charge in [-0.1, -0.05) is 25.5 Å². The molecule has 5 heteroatoms. The van der Waals surface area contributed by atoms with Gasteiger partial charge in [0.1, 0.15) is 0 Å². The smallest absolute Gasteiger partial charge is 0.269 e. The maximum absolute atomic E-state index is 10.8. The van der Waals surface area contributed by atoms with Gasteiger partial charge >= 0.3 is 0 Å². The van der Waals surface area contributed by atoms with Gasteiger partial charge in [-0.05, 0) is 24.8 Å². The van der Waals surface area contributed by atoms with E-state index in [0.717, 1.165) is 31.2 Å². The van der Waals surface area contributed by atoms with E-state index in [1.165, 1.54) is 6.07 Å². The molecule has 0 aliphatic heterocycles. The number of aliphatic hydroxyl groups is 1. The summed E-state index contributed by atoms with van der Waals surface area (Å²) in [5.41, 5.74) is 1.09. The maximum Gasteiger partial charge on any atom is 0.269 e. The molecule has 0 radical (unpaired) electrons. The number of benzene rings is 1. The lowest BCUT2D eigenvalue weighted by atomic mass is 9.87. The lowest BCUT2D eigenvalue weighted by Gasteiger charge is -2.35. The highest BCUT2D eigenvalue weighted by Gasteiger charge is 2.29. The number of nitrogens with one attached hydrogen (secondary N) is 1. The second kappa shape index (κ2) is 6.12. The molecule has 1 aromatic carbocycles. The Bertz CT molecular complexity index is 444. The summed E-state index contributed by atoms with van der Waals surface area (Å²) in [6.07, 6.45) is 3.30. The first-order chi connectivity index (χ1) is 9.10. The quantitative estimate of drug-likeness (QED) is 0.611. The molecule has 1 fully saturated rings. The number of nitro benzene ring substituents is 1. The molecule has 0 heterocycles. The molecule has 104 valence electrons. The van der Waals surface area contributed by atoms with Crippen LogP contribution in [0.3, 0.4) is 0 Å². The van der Waals surface area contributed by atoms with E-state index in [1.807, 2.05) is 6.07 Å². The number of hydrogen-bond donors (Lipinski definition) is 2. The summed E-state index contributed by atoms with van der Waals surface area (Å²) >= 11 is 0. The van der Waals surface area contributed by atoms with Crippen LogP contribution in [0.4, 0.5) is 5.69 Å². The number of nitro groups is 1. The maximum atomic E-state index is 10.8. The Balaban J connectivity index is 2.09. The third kappa shape index (κ3) is 3.52. The van der Waals surface area contributed by atoms with E-state index in [2.05, 4.69) is 12.2 Å². The molecular weight excluding hydrogens is 244 g/mol. The molecule has 0 spiro atoms. The molecule has 2 rings (SSSR count). The van der Waals surface area contributed by atoms with E-state index >= 15 is 0 Å². The van der Waals surface area contributed by atoms with Gasteiger partial charge in [-0.2, -0.15) is 0 Å². The molecule has 1 atom stereocenters. The fourth-order valence-corrected chi connectivity index (χ4v) is 2.50. The summed E-state index contributed by atoms with van der Waals surface area (Å²) in [5.74, 6) is 0. The highest BCUT2D eigenvalue weighted by atomic mass is 16.6. The van der Waals surface area contributed by atoms with Gasteiger partial charge in [0.05, 0.1) is 11.0 Å². The predicted molar refractivity (Wildman–Crippen MR) is 72.9 cm³/mol. The van der Waals surface area contributed by atoms with Crippen molar-refractivity contribution in [3.63, 3.8) is 0 Å². The van der Waals surface area contributed by atoms with Crippen molar-refractivity contribution in [2.24, 2.45) is 0 Å². The third-order valence-electron chi connectivity index (χ3n) is 3.61. The first-order valence-electron chi connectivity index (χ1n) is 6.78. The zero-order chi connectivity index (χ0) is 13.8. The van der Waals surface area contributed by atoms with Gasteiger partial charge in [0.2, 0.25) is 0 Å². The summed E-state index contributed by atoms with van der Waals surface area (Å²) in [4.78, 5) is 10.5. The van der Waals surface area contributed by atoms with Gasteiger partial charge in [0.25, 0.3) is 5.69 Å². The Morgan fingerprint density at radius 3 is 2.84 bits per heavy atom. The van der Waals surface area contributed by atoms with E-state index in [4.69, 9.17) is 0 Å². The molecule has 0 amide bonds. The Kier molecular flexibility index (Phi) is 4.50. The van der Waals surface area contributed by atoms with Crippen LogP contribution >= 0.6 is 0 Å². The average molecular weight is 264 g/mol. The van der Waals surface area contributed by atoms with E-state index in [-0.39, 0.29) is 22.8 Å². The van der Waals surface area contributed by atoms with Gasteiger partial charge in [0.15, 0.2) is 0 Å². The monoisotopic (exact) mass is 264 g/mol. The number of non-ortho nitro benzene ring substituents is 1. The molecular formula is C14H20N2O3. The van der Waals surface area contributed by atoms with Crippen LogP contribution in [0.15, 0.2) is 24.3 Å². The van der Waals surface area contributed by atoms with E-state index in [9.17, 15) is 15.2 Å². The fourth-order valence-electron chi connectivity index (χ4n) is 2.50. The molecule has 2 N–H and O–H groups in total.